The zero-order valence-corrected chi connectivity index (χ0v) is 8.28. The van der Waals surface area contributed by atoms with Gasteiger partial charge in [0.15, 0.2) is 0 Å². The van der Waals surface area contributed by atoms with Crippen LogP contribution in [0.5, 0.6) is 0 Å². The van der Waals surface area contributed by atoms with Crippen LogP contribution in [0, 0.1) is 5.41 Å². The van der Waals surface area contributed by atoms with Crippen LogP contribution in [0.3, 0.4) is 0 Å². The van der Waals surface area contributed by atoms with Gasteiger partial charge in [0.2, 0.25) is 0 Å². The Labute approximate surface area is 61.2 Å². The maximum absolute atomic E-state index is 2.31. The van der Waals surface area contributed by atoms with Gasteiger partial charge in [-0.3, -0.25) is 0 Å². The first-order chi connectivity index (χ1) is 3.92. The summed E-state index contributed by atoms with van der Waals surface area (Å²) in [6, 6.07) is 0. The molecule has 0 rings (SSSR count). The fourth-order valence-corrected chi connectivity index (χ4v) is 1.53. The Morgan fingerprint density at radius 3 is 1.78 bits per heavy atom. The summed E-state index contributed by atoms with van der Waals surface area (Å²) in [7, 11) is 1.14. The molecular formula is C8H19P. The monoisotopic (exact) mass is 146 g/mol. The predicted molar refractivity (Wildman–Crippen MR) is 47.8 cm³/mol. The topological polar surface area (TPSA) is 0 Å². The zero-order chi connectivity index (χ0) is 7.49. The first kappa shape index (κ1) is 9.43. The smallest absolute Gasteiger partial charge is 0.0293 e. The van der Waals surface area contributed by atoms with Crippen molar-refractivity contribution >= 4 is 8.58 Å². The molecule has 0 fully saturated rings. The molecule has 0 amide bonds. The molecular weight excluding hydrogens is 127 g/mol. The van der Waals surface area contributed by atoms with Crippen LogP contribution in [0.25, 0.3) is 0 Å². The summed E-state index contributed by atoms with van der Waals surface area (Å²) in [5.41, 5.74) is 1.44. The SMILES string of the molecule is CC(C)PCC(C)(C)C. The van der Waals surface area contributed by atoms with E-state index in [1.54, 1.807) is 0 Å². The van der Waals surface area contributed by atoms with Crippen LogP contribution in [-0.2, 0) is 0 Å². The Morgan fingerprint density at radius 1 is 1.22 bits per heavy atom. The molecule has 0 aromatic heterocycles. The van der Waals surface area contributed by atoms with E-state index in [4.69, 9.17) is 0 Å². The van der Waals surface area contributed by atoms with E-state index in [0.29, 0.717) is 5.41 Å². The minimum Gasteiger partial charge on any atom is -0.119 e. The van der Waals surface area contributed by atoms with Crippen molar-refractivity contribution in [3.05, 3.63) is 0 Å². The summed E-state index contributed by atoms with van der Waals surface area (Å²) in [5, 5.41) is 0. The van der Waals surface area contributed by atoms with Crippen molar-refractivity contribution in [3.63, 3.8) is 0 Å². The van der Waals surface area contributed by atoms with Crippen molar-refractivity contribution in [3.8, 4) is 0 Å². The molecule has 1 unspecified atom stereocenters. The van der Waals surface area contributed by atoms with Gasteiger partial charge < -0.3 is 0 Å². The van der Waals surface area contributed by atoms with E-state index in [0.717, 1.165) is 14.2 Å². The van der Waals surface area contributed by atoms with Crippen LogP contribution in [0.15, 0.2) is 0 Å². The standard InChI is InChI=1S/C8H19P/c1-7(2)9-6-8(3,4)5/h7,9H,6H2,1-5H3. The Balaban J connectivity index is 3.28. The van der Waals surface area contributed by atoms with Crippen molar-refractivity contribution in [2.75, 3.05) is 6.16 Å². The Kier molecular flexibility index (Phi) is 3.73. The van der Waals surface area contributed by atoms with Crippen LogP contribution in [0.4, 0.5) is 0 Å². The van der Waals surface area contributed by atoms with E-state index in [1.165, 1.54) is 6.16 Å². The Hall–Kier alpha value is 0.430. The van der Waals surface area contributed by atoms with Crippen LogP contribution < -0.4 is 0 Å². The van der Waals surface area contributed by atoms with Gasteiger partial charge >= 0.3 is 0 Å². The largest absolute Gasteiger partial charge is 0.119 e. The first-order valence-corrected chi connectivity index (χ1v) is 4.93. The maximum Gasteiger partial charge on any atom is -0.0293 e. The Bertz CT molecular complexity index is 69.1. The molecule has 1 atom stereocenters. The van der Waals surface area contributed by atoms with Gasteiger partial charge in [0, 0.05) is 0 Å². The first-order valence-electron chi connectivity index (χ1n) is 3.65. The third-order valence-corrected chi connectivity index (χ3v) is 3.12. The highest BCUT2D eigenvalue weighted by atomic mass is 31.1. The number of hydrogen-bond acceptors (Lipinski definition) is 0. The molecule has 0 nitrogen and oxygen atoms in total. The molecule has 0 saturated carbocycles. The van der Waals surface area contributed by atoms with Crippen LogP contribution in [0.1, 0.15) is 34.6 Å². The van der Waals surface area contributed by atoms with Gasteiger partial charge in [-0.1, -0.05) is 34.6 Å². The molecule has 0 aliphatic carbocycles. The summed E-state index contributed by atoms with van der Waals surface area (Å²) in [6.45, 7) is 11.5. The van der Waals surface area contributed by atoms with Gasteiger partial charge in [-0.15, -0.1) is 8.58 Å². The predicted octanol–water partition coefficient (Wildman–Crippen LogP) is 3.12. The Morgan fingerprint density at radius 2 is 1.67 bits per heavy atom. The minimum absolute atomic E-state index is 0.544. The molecule has 0 saturated heterocycles. The number of hydrogen-bond donors (Lipinski definition) is 0. The second-order valence-electron chi connectivity index (χ2n) is 4.10. The molecule has 0 aromatic carbocycles. The van der Waals surface area contributed by atoms with Crippen LogP contribution >= 0.6 is 8.58 Å². The van der Waals surface area contributed by atoms with E-state index in [1.807, 2.05) is 0 Å². The van der Waals surface area contributed by atoms with Crippen molar-refractivity contribution in [1.29, 1.82) is 0 Å². The quantitative estimate of drug-likeness (QED) is 0.525. The van der Waals surface area contributed by atoms with Crippen molar-refractivity contribution in [1.82, 2.24) is 0 Å². The molecule has 56 valence electrons. The average Bonchev–Trinajstić information content (AvgIpc) is 1.59. The van der Waals surface area contributed by atoms with Gasteiger partial charge in [0.25, 0.3) is 0 Å². The number of rotatable bonds is 2. The summed E-state index contributed by atoms with van der Waals surface area (Å²) < 4.78 is 0. The highest BCUT2D eigenvalue weighted by molar-refractivity contribution is 7.38. The molecule has 0 bridgehead atoms. The van der Waals surface area contributed by atoms with E-state index >= 15 is 0 Å². The van der Waals surface area contributed by atoms with Crippen molar-refractivity contribution in [2.24, 2.45) is 5.41 Å². The molecule has 0 aliphatic rings. The fraction of sp³-hybridized carbons (Fsp3) is 1.00. The second-order valence-corrected chi connectivity index (χ2v) is 6.01. The van der Waals surface area contributed by atoms with Gasteiger partial charge in [-0.2, -0.15) is 0 Å². The molecule has 0 aliphatic heterocycles. The summed E-state index contributed by atoms with van der Waals surface area (Å²) in [6.07, 6.45) is 1.38. The lowest BCUT2D eigenvalue weighted by atomic mass is 10.0. The summed E-state index contributed by atoms with van der Waals surface area (Å²) in [4.78, 5) is 0. The van der Waals surface area contributed by atoms with E-state index in [2.05, 4.69) is 34.6 Å². The van der Waals surface area contributed by atoms with E-state index < -0.39 is 0 Å². The molecule has 0 heterocycles. The highest BCUT2D eigenvalue weighted by Gasteiger charge is 2.09. The van der Waals surface area contributed by atoms with Crippen LogP contribution in [0.2, 0.25) is 0 Å². The zero-order valence-electron chi connectivity index (χ0n) is 7.28. The molecule has 0 spiro atoms. The summed E-state index contributed by atoms with van der Waals surface area (Å²) >= 11 is 0. The minimum atomic E-state index is 0.544. The van der Waals surface area contributed by atoms with E-state index in [-0.39, 0.29) is 0 Å². The molecule has 9 heavy (non-hydrogen) atoms. The fourth-order valence-electron chi connectivity index (χ4n) is 0.510. The normalized spacial score (nSPS) is 14.0. The molecule has 0 radical (unpaired) electrons. The van der Waals surface area contributed by atoms with Crippen molar-refractivity contribution in [2.45, 2.75) is 40.3 Å². The lowest BCUT2D eigenvalue weighted by Crippen LogP contribution is -2.08. The van der Waals surface area contributed by atoms with Crippen LogP contribution in [-0.4, -0.2) is 11.8 Å². The second kappa shape index (κ2) is 3.56. The average molecular weight is 146 g/mol. The third-order valence-electron chi connectivity index (χ3n) is 1.04. The lowest BCUT2D eigenvalue weighted by Gasteiger charge is -2.18. The van der Waals surface area contributed by atoms with E-state index in [9.17, 15) is 0 Å². The van der Waals surface area contributed by atoms with Gasteiger partial charge in [-0.25, -0.2) is 0 Å². The summed E-state index contributed by atoms with van der Waals surface area (Å²) in [5.74, 6) is 0. The molecule has 1 heteroatoms. The highest BCUT2D eigenvalue weighted by Crippen LogP contribution is 2.28. The third kappa shape index (κ3) is 8.43. The van der Waals surface area contributed by atoms with Crippen molar-refractivity contribution < 1.29 is 0 Å². The van der Waals surface area contributed by atoms with Gasteiger partial charge in [-0.05, 0) is 17.2 Å². The lowest BCUT2D eigenvalue weighted by molar-refractivity contribution is 0.478. The van der Waals surface area contributed by atoms with Gasteiger partial charge in [0.05, 0.1) is 0 Å². The molecule has 0 aromatic rings. The maximum atomic E-state index is 2.31. The molecule has 0 N–H and O–H groups in total. The van der Waals surface area contributed by atoms with Gasteiger partial charge in [0.1, 0.15) is 0 Å².